The predicted octanol–water partition coefficient (Wildman–Crippen LogP) is 3.14. The molecule has 0 amide bonds. The monoisotopic (exact) mass is 344 g/mol. The summed E-state index contributed by atoms with van der Waals surface area (Å²) in [5.41, 5.74) is 7.89. The van der Waals surface area contributed by atoms with Crippen LogP contribution in [0.5, 0.6) is 0 Å². The molecule has 3 rings (SSSR count). The second kappa shape index (κ2) is 6.15. The first-order valence-corrected chi connectivity index (χ1v) is 7.27. The minimum Gasteiger partial charge on any atom is -0.337 e. The molecule has 0 aliphatic rings. The Morgan fingerprint density at radius 2 is 1.95 bits per heavy atom. The van der Waals surface area contributed by atoms with Crippen LogP contribution in [0.15, 0.2) is 57.7 Å². The summed E-state index contributed by atoms with van der Waals surface area (Å²) in [4.78, 5) is 8.57. The van der Waals surface area contributed by atoms with Crippen molar-refractivity contribution >= 4 is 15.9 Å². The molecule has 6 heteroatoms. The van der Waals surface area contributed by atoms with Crippen molar-refractivity contribution in [2.24, 2.45) is 5.73 Å². The summed E-state index contributed by atoms with van der Waals surface area (Å²) in [7, 11) is 0. The van der Waals surface area contributed by atoms with Crippen LogP contribution in [0.1, 0.15) is 17.5 Å². The van der Waals surface area contributed by atoms with Crippen molar-refractivity contribution in [3.8, 4) is 11.5 Å². The first-order valence-electron chi connectivity index (χ1n) is 6.48. The molecule has 0 radical (unpaired) electrons. The van der Waals surface area contributed by atoms with Gasteiger partial charge in [-0.3, -0.25) is 4.98 Å². The maximum absolute atomic E-state index is 6.13. The molecule has 2 N–H and O–H groups in total. The smallest absolute Gasteiger partial charge is 0.244 e. The largest absolute Gasteiger partial charge is 0.337 e. The van der Waals surface area contributed by atoms with Gasteiger partial charge in [0.25, 0.3) is 0 Å². The number of halogens is 1. The summed E-state index contributed by atoms with van der Waals surface area (Å²) in [6, 6.07) is 13.3. The Bertz CT molecular complexity index is 729. The summed E-state index contributed by atoms with van der Waals surface area (Å²) in [6.07, 6.45) is 2.33. The molecule has 2 heterocycles. The number of rotatable bonds is 4. The molecule has 1 aromatic carbocycles. The van der Waals surface area contributed by atoms with Gasteiger partial charge in [-0.2, -0.15) is 4.98 Å². The van der Waals surface area contributed by atoms with Crippen LogP contribution < -0.4 is 5.73 Å². The highest BCUT2D eigenvalue weighted by molar-refractivity contribution is 9.10. The van der Waals surface area contributed by atoms with Crippen molar-refractivity contribution in [2.45, 2.75) is 12.5 Å². The van der Waals surface area contributed by atoms with Crippen LogP contribution in [0.3, 0.4) is 0 Å². The molecule has 0 aliphatic heterocycles. The lowest BCUT2D eigenvalue weighted by atomic mass is 10.1. The molecule has 0 bridgehead atoms. The van der Waals surface area contributed by atoms with Gasteiger partial charge in [0.05, 0.1) is 6.04 Å². The van der Waals surface area contributed by atoms with Crippen molar-refractivity contribution in [3.63, 3.8) is 0 Å². The van der Waals surface area contributed by atoms with Gasteiger partial charge >= 0.3 is 0 Å². The molecule has 0 fully saturated rings. The van der Waals surface area contributed by atoms with Crippen LogP contribution in [0.25, 0.3) is 11.5 Å². The Morgan fingerprint density at radius 1 is 1.14 bits per heavy atom. The Balaban J connectivity index is 1.80. The van der Waals surface area contributed by atoms with Crippen LogP contribution in [0.4, 0.5) is 0 Å². The van der Waals surface area contributed by atoms with E-state index in [1.54, 1.807) is 6.20 Å². The van der Waals surface area contributed by atoms with E-state index in [9.17, 15) is 0 Å². The standard InChI is InChI=1S/C15H13BrN4O/c16-11-7-4-8-18-13(11)14-19-15(21-20-14)12(17)9-10-5-2-1-3-6-10/h1-8,12H,9,17H2/t12-/m1/s1. The fraction of sp³-hybridized carbons (Fsp3) is 0.133. The molecule has 0 saturated heterocycles. The van der Waals surface area contributed by atoms with E-state index in [-0.39, 0.29) is 6.04 Å². The van der Waals surface area contributed by atoms with Gasteiger partial charge in [0.15, 0.2) is 0 Å². The van der Waals surface area contributed by atoms with Crippen molar-refractivity contribution in [1.29, 1.82) is 0 Å². The fourth-order valence-electron chi connectivity index (χ4n) is 1.99. The maximum atomic E-state index is 6.13. The van der Waals surface area contributed by atoms with Crippen LogP contribution in [0, 0.1) is 0 Å². The third-order valence-corrected chi connectivity index (χ3v) is 3.67. The lowest BCUT2D eigenvalue weighted by Crippen LogP contribution is -2.13. The zero-order valence-corrected chi connectivity index (χ0v) is 12.7. The number of aromatic nitrogens is 3. The summed E-state index contributed by atoms with van der Waals surface area (Å²) >= 11 is 3.42. The molecule has 0 saturated carbocycles. The quantitative estimate of drug-likeness (QED) is 0.786. The van der Waals surface area contributed by atoms with Gasteiger partial charge in [-0.15, -0.1) is 0 Å². The Hall–Kier alpha value is -2.05. The first kappa shape index (κ1) is 13.9. The predicted molar refractivity (Wildman–Crippen MR) is 82.3 cm³/mol. The summed E-state index contributed by atoms with van der Waals surface area (Å²) in [5.74, 6) is 0.840. The second-order valence-corrected chi connectivity index (χ2v) is 5.44. The molecule has 5 nitrogen and oxygen atoms in total. The van der Waals surface area contributed by atoms with Gasteiger partial charge in [-0.25, -0.2) is 0 Å². The van der Waals surface area contributed by atoms with E-state index in [1.165, 1.54) is 0 Å². The lowest BCUT2D eigenvalue weighted by Gasteiger charge is -2.05. The highest BCUT2D eigenvalue weighted by Gasteiger charge is 2.18. The average Bonchev–Trinajstić information content (AvgIpc) is 2.98. The molecular formula is C15H13BrN4O. The van der Waals surface area contributed by atoms with Gasteiger partial charge < -0.3 is 10.3 Å². The summed E-state index contributed by atoms with van der Waals surface area (Å²) in [5, 5.41) is 3.95. The normalized spacial score (nSPS) is 12.3. The van der Waals surface area contributed by atoms with Crippen LogP contribution in [0.2, 0.25) is 0 Å². The topological polar surface area (TPSA) is 77.8 Å². The Morgan fingerprint density at radius 3 is 2.71 bits per heavy atom. The number of pyridine rings is 1. The van der Waals surface area contributed by atoms with E-state index in [0.717, 1.165) is 10.0 Å². The van der Waals surface area contributed by atoms with Crippen LogP contribution in [-0.2, 0) is 6.42 Å². The molecule has 0 aliphatic carbocycles. The molecule has 2 aromatic heterocycles. The van der Waals surface area contributed by atoms with E-state index in [2.05, 4.69) is 31.1 Å². The van der Waals surface area contributed by atoms with Crippen molar-refractivity contribution in [3.05, 3.63) is 64.6 Å². The molecule has 0 unspecified atom stereocenters. The SMILES string of the molecule is N[C@H](Cc1ccccc1)c1nc(-c2ncccc2Br)no1. The second-order valence-electron chi connectivity index (χ2n) is 4.59. The number of hydrogen-bond donors (Lipinski definition) is 1. The molecule has 3 aromatic rings. The molecule has 21 heavy (non-hydrogen) atoms. The Kier molecular flexibility index (Phi) is 4.08. The van der Waals surface area contributed by atoms with Crippen molar-refractivity contribution in [1.82, 2.24) is 15.1 Å². The zero-order valence-electron chi connectivity index (χ0n) is 11.1. The highest BCUT2D eigenvalue weighted by atomic mass is 79.9. The van der Waals surface area contributed by atoms with Gasteiger partial charge in [-0.1, -0.05) is 35.5 Å². The van der Waals surface area contributed by atoms with Gasteiger partial charge in [-0.05, 0) is 40.0 Å². The van der Waals surface area contributed by atoms with E-state index in [0.29, 0.717) is 23.8 Å². The minimum absolute atomic E-state index is 0.337. The molecule has 1 atom stereocenters. The van der Waals surface area contributed by atoms with Gasteiger partial charge in [0.1, 0.15) is 5.69 Å². The van der Waals surface area contributed by atoms with Crippen LogP contribution >= 0.6 is 15.9 Å². The minimum atomic E-state index is -0.337. The number of nitrogens with zero attached hydrogens (tertiary/aromatic N) is 3. The van der Waals surface area contributed by atoms with Crippen LogP contribution in [-0.4, -0.2) is 15.1 Å². The number of benzene rings is 1. The van der Waals surface area contributed by atoms with E-state index in [1.807, 2.05) is 42.5 Å². The zero-order chi connectivity index (χ0) is 14.7. The molecule has 0 spiro atoms. The fourth-order valence-corrected chi connectivity index (χ4v) is 2.42. The van der Waals surface area contributed by atoms with Gasteiger partial charge in [0.2, 0.25) is 11.7 Å². The summed E-state index contributed by atoms with van der Waals surface area (Å²) < 4.78 is 6.07. The maximum Gasteiger partial charge on any atom is 0.244 e. The van der Waals surface area contributed by atoms with Crippen molar-refractivity contribution < 1.29 is 4.52 Å². The molecular weight excluding hydrogens is 332 g/mol. The van der Waals surface area contributed by atoms with E-state index < -0.39 is 0 Å². The lowest BCUT2D eigenvalue weighted by molar-refractivity contribution is 0.354. The number of hydrogen-bond acceptors (Lipinski definition) is 5. The summed E-state index contributed by atoms with van der Waals surface area (Å²) in [6.45, 7) is 0. The van der Waals surface area contributed by atoms with Gasteiger partial charge in [0, 0.05) is 10.7 Å². The Labute approximate surface area is 130 Å². The van der Waals surface area contributed by atoms with E-state index >= 15 is 0 Å². The van der Waals surface area contributed by atoms with E-state index in [4.69, 9.17) is 10.3 Å². The average molecular weight is 345 g/mol. The van der Waals surface area contributed by atoms with Crippen molar-refractivity contribution in [2.75, 3.05) is 0 Å². The molecule has 106 valence electrons. The third kappa shape index (κ3) is 3.17. The third-order valence-electron chi connectivity index (χ3n) is 3.03. The highest BCUT2D eigenvalue weighted by Crippen LogP contribution is 2.24. The number of nitrogens with two attached hydrogens (primary N) is 1. The first-order chi connectivity index (χ1) is 10.2.